The zero-order chi connectivity index (χ0) is 16.4. The highest BCUT2D eigenvalue weighted by molar-refractivity contribution is 6.10. The maximum atomic E-state index is 12.6. The predicted molar refractivity (Wildman–Crippen MR) is 83.4 cm³/mol. The van der Waals surface area contributed by atoms with Gasteiger partial charge in [0, 0.05) is 43.9 Å². The lowest BCUT2D eigenvalue weighted by Crippen LogP contribution is -2.35. The minimum atomic E-state index is -0.265. The molecule has 1 N–H and O–H groups in total. The van der Waals surface area contributed by atoms with Gasteiger partial charge in [0.15, 0.2) is 5.78 Å². The molecule has 0 aliphatic heterocycles. The largest absolute Gasteiger partial charge is 0.465 e. The Balaban J connectivity index is 1.76. The third-order valence-corrected chi connectivity index (χ3v) is 3.98. The van der Waals surface area contributed by atoms with Crippen molar-refractivity contribution in [1.82, 2.24) is 15.3 Å². The number of furan rings is 1. The summed E-state index contributed by atoms with van der Waals surface area (Å²) in [6.45, 7) is 3.63. The van der Waals surface area contributed by atoms with E-state index in [1.165, 1.54) is 0 Å². The first kappa shape index (κ1) is 15.4. The average Bonchev–Trinajstić information content (AvgIpc) is 2.85. The Morgan fingerprint density at radius 1 is 1.39 bits per heavy atom. The van der Waals surface area contributed by atoms with Crippen LogP contribution in [0.5, 0.6) is 0 Å². The monoisotopic (exact) mass is 313 g/mol. The van der Waals surface area contributed by atoms with Crippen LogP contribution in [0.25, 0.3) is 0 Å². The third-order valence-electron chi connectivity index (χ3n) is 3.98. The predicted octanol–water partition coefficient (Wildman–Crippen LogP) is 2.26. The van der Waals surface area contributed by atoms with Crippen LogP contribution < -0.4 is 5.32 Å². The Morgan fingerprint density at radius 3 is 2.96 bits per heavy atom. The summed E-state index contributed by atoms with van der Waals surface area (Å²) in [5, 5.41) is 2.92. The summed E-state index contributed by atoms with van der Waals surface area (Å²) in [6.07, 6.45) is 7.46. The smallest absolute Gasteiger partial charge is 0.255 e. The number of carbonyl (C=O) groups is 2. The first-order valence-electron chi connectivity index (χ1n) is 7.77. The highest BCUT2D eigenvalue weighted by atomic mass is 16.3. The van der Waals surface area contributed by atoms with Crippen LogP contribution in [-0.2, 0) is 12.8 Å². The molecule has 1 amide bonds. The third kappa shape index (κ3) is 3.16. The fourth-order valence-electron chi connectivity index (χ4n) is 2.98. The molecule has 0 radical (unpaired) electrons. The van der Waals surface area contributed by atoms with Gasteiger partial charge >= 0.3 is 0 Å². The molecule has 120 valence electrons. The van der Waals surface area contributed by atoms with Crippen LogP contribution in [0.3, 0.4) is 0 Å². The van der Waals surface area contributed by atoms with E-state index in [1.807, 2.05) is 6.92 Å². The van der Waals surface area contributed by atoms with Crippen molar-refractivity contribution < 1.29 is 14.0 Å². The number of ketones is 1. The number of rotatable bonds is 4. The molecule has 23 heavy (non-hydrogen) atoms. The maximum Gasteiger partial charge on any atom is 0.255 e. The van der Waals surface area contributed by atoms with E-state index in [-0.39, 0.29) is 17.7 Å². The minimum absolute atomic E-state index is 0.00479. The van der Waals surface area contributed by atoms with Gasteiger partial charge in [-0.05, 0) is 20.3 Å². The number of nitrogens with one attached hydrogen (secondary N) is 1. The second-order valence-corrected chi connectivity index (χ2v) is 5.88. The standard InChI is InChI=1S/C17H19N3O3/c1-10(8-12-9-18-6-7-19-12)20-17(22)15-11(2)23-14-5-3-4-13(21)16(14)15/h6-7,9-10H,3-5,8H2,1-2H3,(H,20,22)/t10-/m0/s1. The van der Waals surface area contributed by atoms with Crippen LogP contribution in [-0.4, -0.2) is 27.7 Å². The molecule has 0 saturated heterocycles. The van der Waals surface area contributed by atoms with E-state index < -0.39 is 0 Å². The minimum Gasteiger partial charge on any atom is -0.465 e. The summed E-state index contributed by atoms with van der Waals surface area (Å²) in [5.74, 6) is 0.883. The van der Waals surface area contributed by atoms with Gasteiger partial charge in [0.25, 0.3) is 5.91 Å². The number of aryl methyl sites for hydroxylation is 2. The van der Waals surface area contributed by atoms with Gasteiger partial charge in [-0.2, -0.15) is 0 Å². The maximum absolute atomic E-state index is 12.6. The molecule has 2 aromatic rings. The molecular weight excluding hydrogens is 294 g/mol. The molecule has 2 aromatic heterocycles. The Kier molecular flexibility index (Phi) is 4.23. The Labute approximate surface area is 134 Å². The van der Waals surface area contributed by atoms with Crippen molar-refractivity contribution in [2.75, 3.05) is 0 Å². The molecule has 0 aromatic carbocycles. The van der Waals surface area contributed by atoms with Crippen molar-refractivity contribution in [2.45, 2.75) is 45.6 Å². The fraction of sp³-hybridized carbons (Fsp3) is 0.412. The van der Waals surface area contributed by atoms with Gasteiger partial charge in [0.1, 0.15) is 11.5 Å². The van der Waals surface area contributed by atoms with Crippen molar-refractivity contribution in [3.63, 3.8) is 0 Å². The highest BCUT2D eigenvalue weighted by Gasteiger charge is 2.30. The number of Topliss-reactive ketones (excluding diaryl/α,β-unsaturated/α-hetero) is 1. The van der Waals surface area contributed by atoms with Gasteiger partial charge in [-0.25, -0.2) is 0 Å². The molecule has 0 fully saturated rings. The molecule has 3 rings (SSSR count). The molecule has 1 atom stereocenters. The number of nitrogens with zero attached hydrogens (tertiary/aromatic N) is 2. The average molecular weight is 313 g/mol. The van der Waals surface area contributed by atoms with E-state index in [0.29, 0.717) is 41.9 Å². The van der Waals surface area contributed by atoms with E-state index in [2.05, 4.69) is 15.3 Å². The second-order valence-electron chi connectivity index (χ2n) is 5.88. The number of hydrogen-bond donors (Lipinski definition) is 1. The van der Waals surface area contributed by atoms with Crippen molar-refractivity contribution in [3.05, 3.63) is 46.9 Å². The van der Waals surface area contributed by atoms with E-state index in [0.717, 1.165) is 12.1 Å². The number of amides is 1. The van der Waals surface area contributed by atoms with Crippen LogP contribution in [0.4, 0.5) is 0 Å². The number of fused-ring (bicyclic) bond motifs is 1. The number of carbonyl (C=O) groups excluding carboxylic acids is 2. The zero-order valence-corrected chi connectivity index (χ0v) is 13.3. The van der Waals surface area contributed by atoms with Crippen molar-refractivity contribution >= 4 is 11.7 Å². The quantitative estimate of drug-likeness (QED) is 0.936. The van der Waals surface area contributed by atoms with E-state index in [4.69, 9.17) is 4.42 Å². The first-order chi connectivity index (χ1) is 11.1. The Hall–Kier alpha value is -2.50. The highest BCUT2D eigenvalue weighted by Crippen LogP contribution is 2.29. The second kappa shape index (κ2) is 6.32. The molecule has 0 unspecified atom stereocenters. The van der Waals surface area contributed by atoms with Crippen LogP contribution in [0.2, 0.25) is 0 Å². The van der Waals surface area contributed by atoms with Crippen LogP contribution in [0.1, 0.15) is 57.7 Å². The van der Waals surface area contributed by atoms with Crippen LogP contribution in [0.15, 0.2) is 23.0 Å². The van der Waals surface area contributed by atoms with Gasteiger partial charge in [-0.15, -0.1) is 0 Å². The summed E-state index contributed by atoms with van der Waals surface area (Å²) in [6, 6.07) is -0.122. The van der Waals surface area contributed by atoms with Gasteiger partial charge in [0.2, 0.25) is 0 Å². The SMILES string of the molecule is Cc1oc2c(c1C(=O)N[C@@H](C)Cc1cnccn1)C(=O)CCC2. The summed E-state index contributed by atoms with van der Waals surface area (Å²) in [5.41, 5.74) is 1.66. The molecular formula is C17H19N3O3. The van der Waals surface area contributed by atoms with Gasteiger partial charge in [-0.1, -0.05) is 0 Å². The summed E-state index contributed by atoms with van der Waals surface area (Å²) in [7, 11) is 0. The number of hydrogen-bond acceptors (Lipinski definition) is 5. The van der Waals surface area contributed by atoms with E-state index >= 15 is 0 Å². The van der Waals surface area contributed by atoms with Gasteiger partial charge in [0.05, 0.1) is 16.8 Å². The molecule has 6 heteroatoms. The fourth-order valence-corrected chi connectivity index (χ4v) is 2.98. The molecule has 6 nitrogen and oxygen atoms in total. The lowest BCUT2D eigenvalue weighted by atomic mass is 9.93. The Bertz CT molecular complexity index is 737. The topological polar surface area (TPSA) is 85.1 Å². The molecule has 1 aliphatic carbocycles. The molecule has 0 spiro atoms. The summed E-state index contributed by atoms with van der Waals surface area (Å²) in [4.78, 5) is 32.9. The molecule has 1 aliphatic rings. The van der Waals surface area contributed by atoms with E-state index in [9.17, 15) is 9.59 Å². The summed E-state index contributed by atoms with van der Waals surface area (Å²) >= 11 is 0. The van der Waals surface area contributed by atoms with Gasteiger partial charge in [-0.3, -0.25) is 19.6 Å². The van der Waals surface area contributed by atoms with Crippen LogP contribution >= 0.6 is 0 Å². The lowest BCUT2D eigenvalue weighted by molar-refractivity contribution is 0.0918. The summed E-state index contributed by atoms with van der Waals surface area (Å²) < 4.78 is 5.62. The zero-order valence-electron chi connectivity index (χ0n) is 13.3. The van der Waals surface area contributed by atoms with Crippen LogP contribution in [0, 0.1) is 6.92 Å². The molecule has 0 bridgehead atoms. The van der Waals surface area contributed by atoms with Gasteiger partial charge < -0.3 is 9.73 Å². The molecule has 0 saturated carbocycles. The van der Waals surface area contributed by atoms with Crippen molar-refractivity contribution in [3.8, 4) is 0 Å². The number of aromatic nitrogens is 2. The van der Waals surface area contributed by atoms with Crippen molar-refractivity contribution in [1.29, 1.82) is 0 Å². The molecule has 2 heterocycles. The first-order valence-corrected chi connectivity index (χ1v) is 7.77. The van der Waals surface area contributed by atoms with E-state index in [1.54, 1.807) is 25.5 Å². The normalized spacial score (nSPS) is 15.1. The lowest BCUT2D eigenvalue weighted by Gasteiger charge is -2.14. The van der Waals surface area contributed by atoms with Crippen molar-refractivity contribution in [2.24, 2.45) is 0 Å². The Morgan fingerprint density at radius 2 is 2.22 bits per heavy atom.